The molecule has 0 N–H and O–H groups in total. The largest absolute Gasteiger partial charge is 0.328 e. The van der Waals surface area contributed by atoms with Crippen LogP contribution in [0.15, 0.2) is 109 Å². The molecule has 4 rings (SSSR count). The smallest absolute Gasteiger partial charge is 0.175 e. The maximum Gasteiger partial charge on any atom is 0.175 e. The minimum absolute atomic E-state index is 0.223. The molecular formula is C24H21N3O2S. The molecule has 4 aromatic rings. The summed E-state index contributed by atoms with van der Waals surface area (Å²) in [5.41, 5.74) is 3.64. The Hall–Kier alpha value is -3.51. The second-order valence-electron chi connectivity index (χ2n) is 6.95. The highest BCUT2D eigenvalue weighted by molar-refractivity contribution is 7.90. The molecule has 0 aliphatic rings. The molecule has 0 spiro atoms. The summed E-state index contributed by atoms with van der Waals surface area (Å²) in [4.78, 5) is 11.0. The van der Waals surface area contributed by atoms with E-state index in [1.54, 1.807) is 36.8 Å². The highest BCUT2D eigenvalue weighted by atomic mass is 32.2. The third kappa shape index (κ3) is 4.23. The van der Waals surface area contributed by atoms with E-state index >= 15 is 0 Å². The fourth-order valence-corrected chi connectivity index (χ4v) is 4.13. The monoisotopic (exact) mass is 415 g/mol. The molecule has 30 heavy (non-hydrogen) atoms. The van der Waals surface area contributed by atoms with Crippen LogP contribution in [-0.4, -0.2) is 24.6 Å². The molecule has 0 fully saturated rings. The molecule has 1 unspecified atom stereocenters. The second kappa shape index (κ2) is 8.47. The van der Waals surface area contributed by atoms with Crippen molar-refractivity contribution in [2.24, 2.45) is 0 Å². The van der Waals surface area contributed by atoms with Gasteiger partial charge in [0.1, 0.15) is 0 Å². The molecule has 0 bridgehead atoms. The molecule has 5 nitrogen and oxygen atoms in total. The van der Waals surface area contributed by atoms with Crippen molar-refractivity contribution >= 4 is 21.2 Å². The van der Waals surface area contributed by atoms with Crippen LogP contribution in [0.4, 0.5) is 11.4 Å². The maximum atomic E-state index is 12.2. The molecule has 150 valence electrons. The fraction of sp³-hybridized carbons (Fsp3) is 0.0833. The lowest BCUT2D eigenvalue weighted by Crippen LogP contribution is -2.25. The molecule has 6 heteroatoms. The molecule has 0 radical (unpaired) electrons. The number of benzene rings is 2. The Labute approximate surface area is 176 Å². The van der Waals surface area contributed by atoms with Gasteiger partial charge in [0.2, 0.25) is 0 Å². The first-order chi connectivity index (χ1) is 14.5. The van der Waals surface area contributed by atoms with Gasteiger partial charge in [0.25, 0.3) is 0 Å². The van der Waals surface area contributed by atoms with E-state index in [4.69, 9.17) is 0 Å². The van der Waals surface area contributed by atoms with Crippen LogP contribution in [0, 0.1) is 0 Å². The lowest BCUT2D eigenvalue weighted by atomic mass is 9.97. The normalized spacial score (nSPS) is 12.3. The predicted molar refractivity (Wildman–Crippen MR) is 118 cm³/mol. The standard InChI is InChI=1S/C24H21N3O2S/c1-30(28,29)23-13-5-11-21(16-23)27(22-12-7-15-26-18-22)24(19-8-3-2-4-9-19)20-10-6-14-25-17-20/h2-18,24H,1H3. The van der Waals surface area contributed by atoms with Gasteiger partial charge in [0, 0.05) is 30.5 Å². The summed E-state index contributed by atoms with van der Waals surface area (Å²) in [5.74, 6) is 0. The minimum atomic E-state index is -3.35. The Morgan fingerprint density at radius 3 is 2.03 bits per heavy atom. The Balaban J connectivity index is 1.97. The van der Waals surface area contributed by atoms with Crippen LogP contribution in [0.25, 0.3) is 0 Å². The zero-order valence-corrected chi connectivity index (χ0v) is 17.3. The van der Waals surface area contributed by atoms with Crippen LogP contribution in [0.1, 0.15) is 17.2 Å². The van der Waals surface area contributed by atoms with Crippen LogP contribution >= 0.6 is 0 Å². The van der Waals surface area contributed by atoms with Crippen molar-refractivity contribution in [3.63, 3.8) is 0 Å². The molecule has 2 aromatic heterocycles. The number of rotatable bonds is 6. The van der Waals surface area contributed by atoms with Crippen LogP contribution in [0.3, 0.4) is 0 Å². The SMILES string of the molecule is CS(=O)(=O)c1cccc(N(c2cccnc2)C(c2ccccc2)c2cccnc2)c1. The van der Waals surface area contributed by atoms with Gasteiger partial charge >= 0.3 is 0 Å². The Kier molecular flexibility index (Phi) is 5.59. The van der Waals surface area contributed by atoms with Crippen LogP contribution < -0.4 is 4.90 Å². The summed E-state index contributed by atoms with van der Waals surface area (Å²) in [6.45, 7) is 0. The van der Waals surface area contributed by atoms with Gasteiger partial charge < -0.3 is 4.90 Å². The van der Waals surface area contributed by atoms with E-state index in [9.17, 15) is 8.42 Å². The van der Waals surface area contributed by atoms with Gasteiger partial charge in [-0.2, -0.15) is 0 Å². The molecule has 2 aromatic carbocycles. The van der Waals surface area contributed by atoms with Crippen molar-refractivity contribution in [2.45, 2.75) is 10.9 Å². The lowest BCUT2D eigenvalue weighted by molar-refractivity contribution is 0.602. The van der Waals surface area contributed by atoms with Gasteiger partial charge in [-0.3, -0.25) is 9.97 Å². The zero-order chi connectivity index (χ0) is 21.0. The third-order valence-corrected chi connectivity index (χ3v) is 5.93. The van der Waals surface area contributed by atoms with Crippen molar-refractivity contribution in [2.75, 3.05) is 11.2 Å². The van der Waals surface area contributed by atoms with E-state index in [2.05, 4.69) is 27.0 Å². The first-order valence-electron chi connectivity index (χ1n) is 9.48. The molecule has 0 aliphatic heterocycles. The van der Waals surface area contributed by atoms with Gasteiger partial charge in [-0.15, -0.1) is 0 Å². The fourth-order valence-electron chi connectivity index (χ4n) is 3.47. The van der Waals surface area contributed by atoms with Gasteiger partial charge in [0.15, 0.2) is 9.84 Å². The number of nitrogens with zero attached hydrogens (tertiary/aromatic N) is 3. The van der Waals surface area contributed by atoms with Crippen molar-refractivity contribution < 1.29 is 8.42 Å². The van der Waals surface area contributed by atoms with Crippen molar-refractivity contribution in [1.82, 2.24) is 9.97 Å². The molecule has 0 saturated carbocycles. The summed E-state index contributed by atoms with van der Waals surface area (Å²) >= 11 is 0. The number of pyridine rings is 2. The second-order valence-corrected chi connectivity index (χ2v) is 8.97. The zero-order valence-electron chi connectivity index (χ0n) is 16.5. The minimum Gasteiger partial charge on any atom is -0.328 e. The van der Waals surface area contributed by atoms with Gasteiger partial charge in [-0.1, -0.05) is 42.5 Å². The van der Waals surface area contributed by atoms with Crippen LogP contribution in [0.2, 0.25) is 0 Å². The molecule has 1 atom stereocenters. The molecule has 2 heterocycles. The van der Waals surface area contributed by atoms with E-state index < -0.39 is 9.84 Å². The van der Waals surface area contributed by atoms with Gasteiger partial charge in [-0.25, -0.2) is 8.42 Å². The predicted octanol–water partition coefficient (Wildman–Crippen LogP) is 4.81. The molecule has 0 amide bonds. The highest BCUT2D eigenvalue weighted by Gasteiger charge is 2.25. The summed E-state index contributed by atoms with van der Waals surface area (Å²) in [6.07, 6.45) is 8.29. The number of hydrogen-bond donors (Lipinski definition) is 0. The number of aromatic nitrogens is 2. The van der Waals surface area contributed by atoms with E-state index in [0.717, 1.165) is 22.5 Å². The summed E-state index contributed by atoms with van der Waals surface area (Å²) < 4.78 is 24.4. The highest BCUT2D eigenvalue weighted by Crippen LogP contribution is 2.39. The first kappa shape index (κ1) is 19.8. The first-order valence-corrected chi connectivity index (χ1v) is 11.4. The van der Waals surface area contributed by atoms with Crippen molar-refractivity contribution in [1.29, 1.82) is 0 Å². The van der Waals surface area contributed by atoms with Gasteiger partial charge in [0.05, 0.1) is 22.8 Å². The average Bonchev–Trinajstić information content (AvgIpc) is 2.78. The summed E-state index contributed by atoms with van der Waals surface area (Å²) in [5, 5.41) is 0. The van der Waals surface area contributed by atoms with Crippen molar-refractivity contribution in [3.8, 4) is 0 Å². The number of hydrogen-bond acceptors (Lipinski definition) is 5. The molecule has 0 aliphatic carbocycles. The topological polar surface area (TPSA) is 63.2 Å². The van der Waals surface area contributed by atoms with Crippen LogP contribution in [0.5, 0.6) is 0 Å². The maximum absolute atomic E-state index is 12.2. The number of sulfone groups is 1. The van der Waals surface area contributed by atoms with Crippen LogP contribution in [-0.2, 0) is 9.84 Å². The van der Waals surface area contributed by atoms with E-state index in [-0.39, 0.29) is 10.9 Å². The van der Waals surface area contributed by atoms with E-state index in [1.165, 1.54) is 6.26 Å². The number of anilines is 2. The molecule has 0 saturated heterocycles. The lowest BCUT2D eigenvalue weighted by Gasteiger charge is -2.34. The summed E-state index contributed by atoms with van der Waals surface area (Å²) in [7, 11) is -3.35. The average molecular weight is 416 g/mol. The van der Waals surface area contributed by atoms with E-state index in [1.807, 2.05) is 54.7 Å². The molecular weight excluding hydrogens is 394 g/mol. The quantitative estimate of drug-likeness (QED) is 0.452. The van der Waals surface area contributed by atoms with Crippen molar-refractivity contribution in [3.05, 3.63) is 115 Å². The Morgan fingerprint density at radius 2 is 1.40 bits per heavy atom. The third-order valence-electron chi connectivity index (χ3n) is 4.82. The summed E-state index contributed by atoms with van der Waals surface area (Å²) in [6, 6.07) is 24.6. The van der Waals surface area contributed by atoms with E-state index in [0.29, 0.717) is 0 Å². The Bertz CT molecular complexity index is 1180. The van der Waals surface area contributed by atoms with Gasteiger partial charge in [-0.05, 0) is 47.5 Å². The Morgan fingerprint density at radius 1 is 0.733 bits per heavy atom.